The van der Waals surface area contributed by atoms with Gasteiger partial charge >= 0.3 is 0 Å². The van der Waals surface area contributed by atoms with Crippen LogP contribution in [0.3, 0.4) is 0 Å². The van der Waals surface area contributed by atoms with E-state index < -0.39 is 0 Å². The van der Waals surface area contributed by atoms with E-state index in [-0.39, 0.29) is 10.8 Å². The molecule has 1 heterocycles. The minimum Gasteiger partial charge on any atom is -0.508 e. The van der Waals surface area contributed by atoms with Crippen molar-refractivity contribution in [2.45, 2.75) is 154 Å². The van der Waals surface area contributed by atoms with Gasteiger partial charge in [0.05, 0.1) is 0 Å². The summed E-state index contributed by atoms with van der Waals surface area (Å²) in [6, 6.07) is 3.98. The minimum absolute atomic E-state index is 0.159. The molecule has 0 aliphatic carbocycles. The van der Waals surface area contributed by atoms with Crippen LogP contribution in [0.2, 0.25) is 0 Å². The molecule has 0 unspecified atom stereocenters. The Hall–Kier alpha value is -1.47. The summed E-state index contributed by atoms with van der Waals surface area (Å²) in [5, 5.41) is 16.0. The molecule has 2 aromatic rings. The molecule has 0 aliphatic heterocycles. The van der Waals surface area contributed by atoms with Gasteiger partial charge in [-0.2, -0.15) is 15.0 Å². The molecule has 0 fully saturated rings. The van der Waals surface area contributed by atoms with E-state index in [2.05, 4.69) is 66.8 Å². The number of anilines is 2. The van der Waals surface area contributed by atoms with Crippen LogP contribution in [0.4, 0.5) is 11.6 Å². The molecule has 226 valence electrons. The maximum absolute atomic E-state index is 10.9. The minimum atomic E-state index is -0.188. The molecule has 0 spiro atoms. The number of aromatic nitrogens is 3. The third kappa shape index (κ3) is 12.6. The lowest BCUT2D eigenvalue weighted by molar-refractivity contribution is 0.443. The highest BCUT2D eigenvalue weighted by Crippen LogP contribution is 2.40. The van der Waals surface area contributed by atoms with Crippen molar-refractivity contribution in [2.75, 3.05) is 16.8 Å². The molecule has 0 radical (unpaired) electrons. The van der Waals surface area contributed by atoms with E-state index in [1.807, 2.05) is 6.07 Å². The number of nitrogens with zero attached hydrogens (tertiary/aromatic N) is 3. The molecular weight excluding hydrogens is 533 g/mol. The van der Waals surface area contributed by atoms with Crippen LogP contribution >= 0.6 is 23.5 Å². The van der Waals surface area contributed by atoms with Crippen molar-refractivity contribution in [2.24, 2.45) is 0 Å². The molecule has 0 aliphatic rings. The Balaban J connectivity index is 2.24. The van der Waals surface area contributed by atoms with Crippen molar-refractivity contribution in [3.05, 3.63) is 23.3 Å². The van der Waals surface area contributed by atoms with Crippen LogP contribution in [0.15, 0.2) is 22.4 Å². The average Bonchev–Trinajstić information content (AvgIpc) is 2.87. The summed E-state index contributed by atoms with van der Waals surface area (Å²) in [6.45, 7) is 17.4. The smallest absolute Gasteiger partial charge is 0.232 e. The molecule has 1 aromatic carbocycles. The third-order valence-corrected chi connectivity index (χ3v) is 8.92. The second-order valence-corrected chi connectivity index (χ2v) is 15.1. The Morgan fingerprint density at radius 2 is 1.07 bits per heavy atom. The predicted octanol–water partition coefficient (Wildman–Crippen LogP) is 10.8. The molecule has 0 bridgehead atoms. The zero-order chi connectivity index (χ0) is 29.6. The fourth-order valence-corrected chi connectivity index (χ4v) is 6.37. The number of nitrogens with one attached hydrogen (secondary N) is 1. The third-order valence-electron chi connectivity index (χ3n) is 7.05. The van der Waals surface area contributed by atoms with E-state index in [4.69, 9.17) is 15.0 Å². The van der Waals surface area contributed by atoms with Gasteiger partial charge in [0, 0.05) is 22.8 Å². The van der Waals surface area contributed by atoms with E-state index in [9.17, 15) is 5.11 Å². The van der Waals surface area contributed by atoms with Crippen molar-refractivity contribution in [3.63, 3.8) is 0 Å². The van der Waals surface area contributed by atoms with Gasteiger partial charge in [-0.15, -0.1) is 0 Å². The highest BCUT2D eigenvalue weighted by atomic mass is 32.2. The molecule has 0 amide bonds. The van der Waals surface area contributed by atoms with Gasteiger partial charge in [-0.25, -0.2) is 0 Å². The second-order valence-electron chi connectivity index (χ2n) is 13.0. The molecule has 40 heavy (non-hydrogen) atoms. The van der Waals surface area contributed by atoms with Crippen molar-refractivity contribution < 1.29 is 5.11 Å². The van der Waals surface area contributed by atoms with Gasteiger partial charge in [-0.3, -0.25) is 0 Å². The molecule has 0 atom stereocenters. The summed E-state index contributed by atoms with van der Waals surface area (Å²) in [7, 11) is 0. The number of phenols is 1. The molecule has 0 saturated carbocycles. The van der Waals surface area contributed by atoms with Crippen LogP contribution in [-0.2, 0) is 10.8 Å². The molecule has 2 N–H and O–H groups in total. The summed E-state index contributed by atoms with van der Waals surface area (Å²) in [4.78, 5) is 14.5. The monoisotopic (exact) mass is 588 g/mol. The molecule has 5 nitrogen and oxygen atoms in total. The first-order valence-electron chi connectivity index (χ1n) is 15.6. The number of rotatable bonds is 18. The quantitative estimate of drug-likeness (QED) is 0.102. The normalized spacial score (nSPS) is 12.2. The van der Waals surface area contributed by atoms with Crippen LogP contribution < -0.4 is 5.32 Å². The number of aromatic hydroxyl groups is 1. The highest BCUT2D eigenvalue weighted by molar-refractivity contribution is 7.99. The van der Waals surface area contributed by atoms with E-state index in [1.54, 1.807) is 23.5 Å². The Morgan fingerprint density at radius 3 is 1.52 bits per heavy atom. The van der Waals surface area contributed by atoms with Gasteiger partial charge in [-0.05, 0) is 41.4 Å². The van der Waals surface area contributed by atoms with E-state index in [0.29, 0.717) is 11.7 Å². The Labute approximate surface area is 253 Å². The van der Waals surface area contributed by atoms with Crippen LogP contribution in [0, 0.1) is 0 Å². The molecule has 2 rings (SSSR count). The van der Waals surface area contributed by atoms with E-state index >= 15 is 0 Å². The number of hydrogen-bond acceptors (Lipinski definition) is 7. The SMILES string of the molecule is CCCCCCCCSc1nc(Nc2cc(C(C)(C)C)c(O)cc2C(C)(C)C)nc(SCCCCCCCC)n1. The summed E-state index contributed by atoms with van der Waals surface area (Å²) in [5.41, 5.74) is 2.55. The standard InChI is InChI=1S/C33H56N4OS2/c1-9-11-13-15-17-19-21-39-30-35-29(36-31(37-30)40-22-20-18-16-14-12-10-2)34-27-23-26(33(6,7)8)28(38)24-25(27)32(3,4)5/h23-24,38H,9-22H2,1-8H3,(H,34,35,36,37). The maximum Gasteiger partial charge on any atom is 0.232 e. The maximum atomic E-state index is 10.9. The van der Waals surface area contributed by atoms with Crippen LogP contribution in [0.5, 0.6) is 5.75 Å². The zero-order valence-corrected chi connectivity index (χ0v) is 28.3. The Morgan fingerprint density at radius 1 is 0.625 bits per heavy atom. The number of hydrogen-bond donors (Lipinski definition) is 2. The van der Waals surface area contributed by atoms with Crippen molar-refractivity contribution in [3.8, 4) is 5.75 Å². The summed E-state index contributed by atoms with van der Waals surface area (Å²) in [5.74, 6) is 2.97. The van der Waals surface area contributed by atoms with Crippen LogP contribution in [0.1, 0.15) is 144 Å². The van der Waals surface area contributed by atoms with Gasteiger partial charge in [0.25, 0.3) is 0 Å². The average molecular weight is 589 g/mol. The first-order valence-corrected chi connectivity index (χ1v) is 17.6. The summed E-state index contributed by atoms with van der Waals surface area (Å²) >= 11 is 3.48. The van der Waals surface area contributed by atoms with Crippen LogP contribution in [0.25, 0.3) is 0 Å². The van der Waals surface area contributed by atoms with Crippen molar-refractivity contribution in [1.29, 1.82) is 0 Å². The number of unbranched alkanes of at least 4 members (excludes halogenated alkanes) is 10. The van der Waals surface area contributed by atoms with Crippen LogP contribution in [-0.4, -0.2) is 31.6 Å². The van der Waals surface area contributed by atoms with Crippen molar-refractivity contribution >= 4 is 35.2 Å². The predicted molar refractivity (Wildman–Crippen MR) is 177 cm³/mol. The second kappa shape index (κ2) is 17.5. The molecule has 0 saturated heterocycles. The van der Waals surface area contributed by atoms with Crippen molar-refractivity contribution in [1.82, 2.24) is 15.0 Å². The summed E-state index contributed by atoms with van der Waals surface area (Å²) in [6.07, 6.45) is 15.4. The van der Waals surface area contributed by atoms with Gasteiger partial charge in [-0.1, -0.05) is 143 Å². The van der Waals surface area contributed by atoms with Gasteiger partial charge in [0.1, 0.15) is 5.75 Å². The number of thioether (sulfide) groups is 2. The molecule has 7 heteroatoms. The Bertz CT molecular complexity index is 978. The van der Waals surface area contributed by atoms with E-state index in [0.717, 1.165) is 38.6 Å². The largest absolute Gasteiger partial charge is 0.508 e. The lowest BCUT2D eigenvalue weighted by Gasteiger charge is -2.28. The molecule has 1 aromatic heterocycles. The highest BCUT2D eigenvalue weighted by Gasteiger charge is 2.25. The summed E-state index contributed by atoms with van der Waals surface area (Å²) < 4.78 is 0. The lowest BCUT2D eigenvalue weighted by Crippen LogP contribution is -2.18. The Kier molecular flexibility index (Phi) is 15.2. The topological polar surface area (TPSA) is 70.9 Å². The van der Waals surface area contributed by atoms with E-state index in [1.165, 1.54) is 77.0 Å². The fourth-order valence-electron chi connectivity index (χ4n) is 4.65. The lowest BCUT2D eigenvalue weighted by atomic mass is 9.80. The zero-order valence-electron chi connectivity index (χ0n) is 26.7. The first kappa shape index (κ1) is 34.7. The van der Waals surface area contributed by atoms with Gasteiger partial charge < -0.3 is 10.4 Å². The number of phenolic OH excluding ortho intramolecular Hbond substituents is 1. The number of benzene rings is 1. The molecular formula is C33H56N4OS2. The van der Waals surface area contributed by atoms with Gasteiger partial charge in [0.2, 0.25) is 5.95 Å². The fraction of sp³-hybridized carbons (Fsp3) is 0.727. The first-order chi connectivity index (χ1) is 19.0. The van der Waals surface area contributed by atoms with Gasteiger partial charge in [0.15, 0.2) is 10.3 Å².